The minimum Gasteiger partial charge on any atom is -0.493 e. The first-order chi connectivity index (χ1) is 9.43. The van der Waals surface area contributed by atoms with Crippen LogP contribution in [0.3, 0.4) is 0 Å². The number of H-pyrrole nitrogens is 1. The molecule has 3 rings (SSSR count). The van der Waals surface area contributed by atoms with Crippen molar-refractivity contribution >= 4 is 10.9 Å². The van der Waals surface area contributed by atoms with Gasteiger partial charge in [-0.15, -0.1) is 0 Å². The summed E-state index contributed by atoms with van der Waals surface area (Å²) in [5.41, 5.74) is 2.30. The lowest BCUT2D eigenvalue weighted by molar-refractivity contribution is 0.350. The Hall–Kier alpha value is -2.29. The van der Waals surface area contributed by atoms with Crippen LogP contribution in [0.15, 0.2) is 54.7 Å². The summed E-state index contributed by atoms with van der Waals surface area (Å²) in [5.74, 6) is 0.871. The summed E-state index contributed by atoms with van der Waals surface area (Å²) in [6.07, 6.45) is 4.85. The van der Waals surface area contributed by atoms with Gasteiger partial charge in [0.05, 0.1) is 23.7 Å². The molecule has 19 heavy (non-hydrogen) atoms. The second-order valence-electron chi connectivity index (χ2n) is 4.38. The Balaban J connectivity index is 1.57. The second-order valence-corrected chi connectivity index (χ2v) is 4.38. The van der Waals surface area contributed by atoms with E-state index in [-0.39, 0.29) is 0 Å². The topological polar surface area (TPSA) is 37.9 Å². The zero-order chi connectivity index (χ0) is 12.9. The van der Waals surface area contributed by atoms with E-state index in [1.807, 2.05) is 24.3 Å². The zero-order valence-corrected chi connectivity index (χ0v) is 10.5. The maximum Gasteiger partial charge on any atom is 0.130 e. The van der Waals surface area contributed by atoms with Crippen molar-refractivity contribution in [3.8, 4) is 5.75 Å². The maximum atomic E-state index is 5.78. The number of aromatic nitrogens is 2. The molecular weight excluding hydrogens is 236 g/mol. The molecule has 2 aromatic carbocycles. The number of benzene rings is 2. The Kier molecular flexibility index (Phi) is 3.45. The van der Waals surface area contributed by atoms with Crippen molar-refractivity contribution < 1.29 is 4.74 Å². The minimum absolute atomic E-state index is 0.596. The predicted octanol–water partition coefficient (Wildman–Crippen LogP) is 3.39. The quantitative estimate of drug-likeness (QED) is 0.706. The first kappa shape index (κ1) is 11.8. The fourth-order valence-electron chi connectivity index (χ4n) is 2.06. The van der Waals surface area contributed by atoms with Crippen LogP contribution in [0.25, 0.3) is 10.9 Å². The van der Waals surface area contributed by atoms with Crippen LogP contribution in [0.1, 0.15) is 5.56 Å². The van der Waals surface area contributed by atoms with Crippen LogP contribution in [0.2, 0.25) is 0 Å². The van der Waals surface area contributed by atoms with Crippen LogP contribution in [0.5, 0.6) is 5.75 Å². The molecule has 1 N–H and O–H groups in total. The van der Waals surface area contributed by atoms with Crippen molar-refractivity contribution in [1.82, 2.24) is 10.2 Å². The molecule has 95 valence electrons. The van der Waals surface area contributed by atoms with E-state index in [9.17, 15) is 0 Å². The third kappa shape index (κ3) is 2.76. The Morgan fingerprint density at radius 1 is 1.05 bits per heavy atom. The van der Waals surface area contributed by atoms with Crippen LogP contribution in [0, 0.1) is 6.42 Å². The molecule has 0 spiro atoms. The standard InChI is InChI=1S/C16H15N2O/c1-2-6-13(7-3-1)8-5-11-19-16-10-4-9-15-14(16)12-17-18-15/h1-7,9-10,12H,8,11H2,(H,17,18). The minimum atomic E-state index is 0.596. The molecule has 1 aromatic heterocycles. The molecule has 0 amide bonds. The molecule has 1 heterocycles. The molecule has 0 atom stereocenters. The van der Waals surface area contributed by atoms with Crippen molar-refractivity contribution in [2.75, 3.05) is 6.61 Å². The second kappa shape index (κ2) is 5.57. The lowest BCUT2D eigenvalue weighted by Gasteiger charge is -2.06. The molecule has 0 aliphatic carbocycles. The number of ether oxygens (including phenoxy) is 1. The molecule has 0 fully saturated rings. The number of fused-ring (bicyclic) bond motifs is 1. The molecule has 0 bridgehead atoms. The average Bonchev–Trinajstić information content (AvgIpc) is 2.94. The zero-order valence-electron chi connectivity index (χ0n) is 10.5. The van der Waals surface area contributed by atoms with E-state index >= 15 is 0 Å². The summed E-state index contributed by atoms with van der Waals surface area (Å²) in [4.78, 5) is 0. The van der Waals surface area contributed by atoms with Crippen molar-refractivity contribution in [3.63, 3.8) is 0 Å². The molecule has 0 aliphatic heterocycles. The van der Waals surface area contributed by atoms with Crippen molar-refractivity contribution in [2.24, 2.45) is 0 Å². The Morgan fingerprint density at radius 2 is 1.95 bits per heavy atom. The van der Waals surface area contributed by atoms with Crippen LogP contribution >= 0.6 is 0 Å². The van der Waals surface area contributed by atoms with Gasteiger partial charge in [-0.3, -0.25) is 5.10 Å². The average molecular weight is 251 g/mol. The van der Waals surface area contributed by atoms with Gasteiger partial charge in [0.1, 0.15) is 5.75 Å². The van der Waals surface area contributed by atoms with E-state index in [1.54, 1.807) is 6.20 Å². The van der Waals surface area contributed by atoms with Crippen LogP contribution in [0.4, 0.5) is 0 Å². The largest absolute Gasteiger partial charge is 0.493 e. The molecule has 1 radical (unpaired) electrons. The fraction of sp³-hybridized carbons (Fsp3) is 0.125. The number of nitrogens with zero attached hydrogens (tertiary/aromatic N) is 1. The highest BCUT2D eigenvalue weighted by molar-refractivity contribution is 5.84. The number of hydrogen-bond acceptors (Lipinski definition) is 2. The van der Waals surface area contributed by atoms with Gasteiger partial charge in [-0.2, -0.15) is 5.10 Å². The van der Waals surface area contributed by atoms with Crippen molar-refractivity contribution in [2.45, 2.75) is 6.42 Å². The third-order valence-corrected chi connectivity index (χ3v) is 3.02. The highest BCUT2D eigenvalue weighted by Crippen LogP contribution is 2.23. The van der Waals surface area contributed by atoms with Crippen LogP contribution in [-0.4, -0.2) is 16.8 Å². The van der Waals surface area contributed by atoms with Gasteiger partial charge in [0.25, 0.3) is 0 Å². The molecule has 0 saturated carbocycles. The van der Waals surface area contributed by atoms with Gasteiger partial charge in [-0.1, -0.05) is 36.4 Å². The molecular formula is C16H15N2O. The van der Waals surface area contributed by atoms with Crippen molar-refractivity contribution in [1.29, 1.82) is 0 Å². The summed E-state index contributed by atoms with van der Waals surface area (Å²) in [6, 6.07) is 16.3. The van der Waals surface area contributed by atoms with E-state index in [2.05, 4.69) is 40.9 Å². The van der Waals surface area contributed by atoms with Gasteiger partial charge in [-0.25, -0.2) is 0 Å². The summed E-state index contributed by atoms with van der Waals surface area (Å²) in [5, 5.41) is 7.98. The van der Waals surface area contributed by atoms with E-state index in [0.717, 1.165) is 23.1 Å². The first-order valence-electron chi connectivity index (χ1n) is 6.34. The molecule has 3 heteroatoms. The molecule has 3 aromatic rings. The molecule has 0 unspecified atom stereocenters. The summed E-state index contributed by atoms with van der Waals surface area (Å²) >= 11 is 0. The van der Waals surface area contributed by atoms with Gasteiger partial charge in [0.15, 0.2) is 0 Å². The van der Waals surface area contributed by atoms with Crippen molar-refractivity contribution in [3.05, 3.63) is 66.7 Å². The third-order valence-electron chi connectivity index (χ3n) is 3.02. The van der Waals surface area contributed by atoms with Crippen LogP contribution in [-0.2, 0) is 6.42 Å². The summed E-state index contributed by atoms with van der Waals surface area (Å²) in [7, 11) is 0. The number of nitrogens with one attached hydrogen (secondary N) is 1. The number of aromatic amines is 1. The molecule has 0 saturated heterocycles. The number of rotatable bonds is 5. The van der Waals surface area contributed by atoms with Gasteiger partial charge in [0, 0.05) is 6.42 Å². The van der Waals surface area contributed by atoms with E-state index in [1.165, 1.54) is 5.56 Å². The van der Waals surface area contributed by atoms with Gasteiger partial charge >= 0.3 is 0 Å². The summed E-state index contributed by atoms with van der Waals surface area (Å²) < 4.78 is 5.78. The highest BCUT2D eigenvalue weighted by atomic mass is 16.5. The Bertz CT molecular complexity index is 646. The lowest BCUT2D eigenvalue weighted by Crippen LogP contribution is -2.00. The van der Waals surface area contributed by atoms with E-state index in [0.29, 0.717) is 6.61 Å². The normalized spacial score (nSPS) is 10.7. The Labute approximate surface area is 112 Å². The van der Waals surface area contributed by atoms with Gasteiger partial charge in [-0.05, 0) is 24.1 Å². The predicted molar refractivity (Wildman–Crippen MR) is 76.0 cm³/mol. The highest BCUT2D eigenvalue weighted by Gasteiger charge is 2.03. The molecule has 3 nitrogen and oxygen atoms in total. The monoisotopic (exact) mass is 251 g/mol. The maximum absolute atomic E-state index is 5.78. The fourth-order valence-corrected chi connectivity index (χ4v) is 2.06. The SMILES string of the molecule is [CH](COc1cccc2[nH]ncc12)Cc1ccccc1. The Morgan fingerprint density at radius 3 is 2.84 bits per heavy atom. The number of hydrogen-bond donors (Lipinski definition) is 1. The summed E-state index contributed by atoms with van der Waals surface area (Å²) in [6.45, 7) is 0.596. The molecule has 0 aliphatic rings. The van der Waals surface area contributed by atoms with Gasteiger partial charge in [0.2, 0.25) is 0 Å². The lowest BCUT2D eigenvalue weighted by atomic mass is 10.1. The smallest absolute Gasteiger partial charge is 0.130 e. The first-order valence-corrected chi connectivity index (χ1v) is 6.34. The van der Waals surface area contributed by atoms with Crippen LogP contribution < -0.4 is 4.74 Å². The van der Waals surface area contributed by atoms with E-state index in [4.69, 9.17) is 4.74 Å². The van der Waals surface area contributed by atoms with Gasteiger partial charge < -0.3 is 4.74 Å². The van der Waals surface area contributed by atoms with E-state index < -0.39 is 0 Å².